The summed E-state index contributed by atoms with van der Waals surface area (Å²) in [7, 11) is 0. The Labute approximate surface area is 173 Å². The molecule has 5 nitrogen and oxygen atoms in total. The van der Waals surface area contributed by atoms with E-state index in [1.807, 2.05) is 37.3 Å². The molecule has 0 saturated heterocycles. The van der Waals surface area contributed by atoms with Crippen molar-refractivity contribution >= 4 is 38.9 Å². The first kappa shape index (κ1) is 19.1. The molecule has 0 bridgehead atoms. The Bertz CT molecular complexity index is 1060. The highest BCUT2D eigenvalue weighted by atomic mass is 32.1. The minimum atomic E-state index is -0.131. The van der Waals surface area contributed by atoms with Gasteiger partial charge in [-0.05, 0) is 43.5 Å². The lowest BCUT2D eigenvalue weighted by Crippen LogP contribution is -2.46. The summed E-state index contributed by atoms with van der Waals surface area (Å²) in [5.41, 5.74) is 4.87. The Morgan fingerprint density at radius 1 is 1.25 bits per heavy atom. The lowest BCUT2D eigenvalue weighted by Gasteiger charge is -2.30. The molecule has 0 amide bonds. The monoisotopic (exact) mass is 412 g/mol. The van der Waals surface area contributed by atoms with Crippen LogP contribution in [0.4, 0.5) is 0 Å². The van der Waals surface area contributed by atoms with Crippen molar-refractivity contribution in [3.8, 4) is 11.1 Å². The molecule has 3 aromatic rings. The van der Waals surface area contributed by atoms with Crippen molar-refractivity contribution in [3.05, 3.63) is 51.9 Å². The Kier molecular flexibility index (Phi) is 5.46. The number of hydrogen-bond acceptors (Lipinski definition) is 4. The Morgan fingerprint density at radius 2 is 2.00 bits per heavy atom. The Morgan fingerprint density at radius 3 is 2.75 bits per heavy atom. The van der Waals surface area contributed by atoms with Gasteiger partial charge in [-0.1, -0.05) is 50.1 Å². The third-order valence-electron chi connectivity index (χ3n) is 5.50. The van der Waals surface area contributed by atoms with E-state index in [-0.39, 0.29) is 5.56 Å². The van der Waals surface area contributed by atoms with Gasteiger partial charge in [-0.3, -0.25) is 10.2 Å². The molecule has 0 radical (unpaired) electrons. The molecule has 1 saturated carbocycles. The van der Waals surface area contributed by atoms with Gasteiger partial charge in [-0.15, -0.1) is 11.3 Å². The first-order valence-corrected chi connectivity index (χ1v) is 10.9. The second-order valence-electron chi connectivity index (χ2n) is 7.45. The van der Waals surface area contributed by atoms with Gasteiger partial charge in [0.05, 0.1) is 5.39 Å². The van der Waals surface area contributed by atoms with E-state index in [9.17, 15) is 4.79 Å². The van der Waals surface area contributed by atoms with Crippen molar-refractivity contribution in [2.24, 2.45) is 5.92 Å². The van der Waals surface area contributed by atoms with Gasteiger partial charge in [0, 0.05) is 16.5 Å². The number of aromatic nitrogens is 2. The van der Waals surface area contributed by atoms with Crippen LogP contribution in [0.15, 0.2) is 41.5 Å². The topological polar surface area (TPSA) is 59.0 Å². The molecule has 2 heterocycles. The number of aryl methyl sites for hydroxylation is 1. The number of hydrogen-bond donors (Lipinski definition) is 2. The van der Waals surface area contributed by atoms with E-state index in [4.69, 9.17) is 12.2 Å². The van der Waals surface area contributed by atoms with Crippen LogP contribution in [0.1, 0.15) is 37.5 Å². The van der Waals surface area contributed by atoms with Crippen LogP contribution >= 0.6 is 23.6 Å². The second-order valence-corrected chi connectivity index (χ2v) is 9.06. The zero-order valence-corrected chi connectivity index (χ0v) is 17.7. The highest BCUT2D eigenvalue weighted by molar-refractivity contribution is 7.80. The molecule has 7 heteroatoms. The van der Waals surface area contributed by atoms with E-state index in [2.05, 4.69) is 22.7 Å². The molecule has 4 rings (SSSR count). The lowest BCUT2D eigenvalue weighted by molar-refractivity contribution is 0.309. The fourth-order valence-corrected chi connectivity index (χ4v) is 5.23. The maximum atomic E-state index is 13.2. The molecule has 28 heavy (non-hydrogen) atoms. The van der Waals surface area contributed by atoms with Crippen LogP contribution in [0.2, 0.25) is 0 Å². The van der Waals surface area contributed by atoms with Gasteiger partial charge in [-0.25, -0.2) is 9.66 Å². The fourth-order valence-electron chi connectivity index (χ4n) is 3.98. The zero-order chi connectivity index (χ0) is 19.7. The summed E-state index contributed by atoms with van der Waals surface area (Å²) in [6.07, 6.45) is 6.33. The molecule has 1 aliphatic rings. The molecule has 1 aromatic carbocycles. The lowest BCUT2D eigenvalue weighted by atomic mass is 9.86. The van der Waals surface area contributed by atoms with E-state index in [0.717, 1.165) is 27.3 Å². The Balaban J connectivity index is 1.64. The van der Waals surface area contributed by atoms with Crippen molar-refractivity contribution in [2.75, 3.05) is 5.43 Å². The molecule has 2 atom stereocenters. The highest BCUT2D eigenvalue weighted by Gasteiger charge is 2.22. The molecule has 0 aliphatic heterocycles. The predicted molar refractivity (Wildman–Crippen MR) is 121 cm³/mol. The van der Waals surface area contributed by atoms with E-state index in [1.54, 1.807) is 11.3 Å². The number of rotatable bonds is 3. The summed E-state index contributed by atoms with van der Waals surface area (Å²) in [5, 5.41) is 4.48. The van der Waals surface area contributed by atoms with Crippen LogP contribution < -0.4 is 16.3 Å². The smallest absolute Gasteiger partial charge is 0.281 e. The number of thiophene rings is 1. The molecule has 146 valence electrons. The SMILES string of the molecule is Cc1sc2ncn(NC(=S)N[C@H]3CCCC[C@H]3C)c(=O)c2c1-c1ccccc1. The molecular formula is C21H24N4OS2. The zero-order valence-electron chi connectivity index (χ0n) is 16.1. The summed E-state index contributed by atoms with van der Waals surface area (Å²) < 4.78 is 1.39. The minimum absolute atomic E-state index is 0.131. The molecule has 0 spiro atoms. The van der Waals surface area contributed by atoms with Gasteiger partial charge in [0.25, 0.3) is 5.56 Å². The van der Waals surface area contributed by atoms with Gasteiger partial charge in [-0.2, -0.15) is 0 Å². The maximum Gasteiger partial charge on any atom is 0.281 e. The standard InChI is InChI=1S/C21H24N4OS2/c1-13-8-6-7-11-16(13)23-21(27)24-25-12-22-19-18(20(25)26)17(14(2)28-19)15-9-4-3-5-10-15/h3-5,9-10,12-13,16H,6-8,11H2,1-2H3,(H2,23,24,27)/t13-,16+/m1/s1. The average Bonchev–Trinajstić information content (AvgIpc) is 3.03. The molecule has 2 N–H and O–H groups in total. The molecule has 2 aromatic heterocycles. The van der Waals surface area contributed by atoms with Crippen LogP contribution in [-0.2, 0) is 0 Å². The second kappa shape index (κ2) is 8.01. The average molecular weight is 413 g/mol. The third kappa shape index (κ3) is 3.69. The van der Waals surface area contributed by atoms with Gasteiger partial charge in [0.15, 0.2) is 5.11 Å². The normalized spacial score (nSPS) is 19.5. The first-order chi connectivity index (χ1) is 13.5. The van der Waals surface area contributed by atoms with Crippen LogP contribution in [0.25, 0.3) is 21.3 Å². The van der Waals surface area contributed by atoms with Crippen molar-refractivity contribution in [2.45, 2.75) is 45.6 Å². The molecule has 1 aliphatic carbocycles. The van der Waals surface area contributed by atoms with Crippen molar-refractivity contribution in [1.29, 1.82) is 0 Å². The summed E-state index contributed by atoms with van der Waals surface area (Å²) in [6, 6.07) is 10.3. The van der Waals surface area contributed by atoms with E-state index in [0.29, 0.717) is 22.5 Å². The van der Waals surface area contributed by atoms with Crippen LogP contribution in [0, 0.1) is 12.8 Å². The van der Waals surface area contributed by atoms with Crippen LogP contribution in [0.3, 0.4) is 0 Å². The maximum absolute atomic E-state index is 13.2. The first-order valence-electron chi connectivity index (χ1n) is 9.68. The summed E-state index contributed by atoms with van der Waals surface area (Å²) in [5.74, 6) is 0.579. The number of thiocarbonyl (C=S) groups is 1. The van der Waals surface area contributed by atoms with Crippen molar-refractivity contribution in [1.82, 2.24) is 15.0 Å². The third-order valence-corrected chi connectivity index (χ3v) is 6.72. The van der Waals surface area contributed by atoms with Crippen LogP contribution in [-0.4, -0.2) is 20.8 Å². The summed E-state index contributed by atoms with van der Waals surface area (Å²) >= 11 is 7.02. The van der Waals surface area contributed by atoms with Crippen molar-refractivity contribution < 1.29 is 0 Å². The minimum Gasteiger partial charge on any atom is -0.358 e. The largest absolute Gasteiger partial charge is 0.358 e. The van der Waals surface area contributed by atoms with Gasteiger partial charge >= 0.3 is 0 Å². The number of nitrogens with one attached hydrogen (secondary N) is 2. The quantitative estimate of drug-likeness (QED) is 0.623. The number of fused-ring (bicyclic) bond motifs is 1. The van der Waals surface area contributed by atoms with Gasteiger partial charge in [0.2, 0.25) is 0 Å². The van der Waals surface area contributed by atoms with Gasteiger partial charge < -0.3 is 5.32 Å². The van der Waals surface area contributed by atoms with E-state index >= 15 is 0 Å². The summed E-state index contributed by atoms with van der Waals surface area (Å²) in [6.45, 7) is 4.28. The summed E-state index contributed by atoms with van der Waals surface area (Å²) in [4.78, 5) is 19.5. The molecule has 0 unspecified atom stereocenters. The van der Waals surface area contributed by atoms with Crippen LogP contribution in [0.5, 0.6) is 0 Å². The highest BCUT2D eigenvalue weighted by Crippen LogP contribution is 2.35. The molecular weight excluding hydrogens is 388 g/mol. The van der Waals surface area contributed by atoms with E-state index < -0.39 is 0 Å². The molecule has 1 fully saturated rings. The van der Waals surface area contributed by atoms with Gasteiger partial charge in [0.1, 0.15) is 11.2 Å². The van der Waals surface area contributed by atoms with E-state index in [1.165, 1.54) is 30.3 Å². The Hall–Kier alpha value is -2.25. The fraction of sp³-hybridized carbons (Fsp3) is 0.381. The van der Waals surface area contributed by atoms with Crippen molar-refractivity contribution in [3.63, 3.8) is 0 Å². The predicted octanol–water partition coefficient (Wildman–Crippen LogP) is 4.43. The number of nitrogens with zero attached hydrogens (tertiary/aromatic N) is 2. The number of benzene rings is 1.